The number of urea groups is 1. The van der Waals surface area contributed by atoms with Gasteiger partial charge >= 0.3 is 12.0 Å². The van der Waals surface area contributed by atoms with E-state index in [-0.39, 0.29) is 0 Å². The summed E-state index contributed by atoms with van der Waals surface area (Å²) < 4.78 is 4.52. The number of carbonyl (C=O) groups is 2. The van der Waals surface area contributed by atoms with E-state index >= 15 is 0 Å². The number of amides is 2. The van der Waals surface area contributed by atoms with Crippen molar-refractivity contribution in [1.29, 1.82) is 0 Å². The lowest BCUT2D eigenvalue weighted by atomic mass is 10.1. The van der Waals surface area contributed by atoms with Gasteiger partial charge < -0.3 is 15.4 Å². The Morgan fingerprint density at radius 1 is 1.39 bits per heavy atom. The highest BCUT2D eigenvalue weighted by Gasteiger charge is 2.15. The molecule has 0 aromatic heterocycles. The van der Waals surface area contributed by atoms with Crippen molar-refractivity contribution in [2.24, 2.45) is 0 Å². The number of methoxy groups -OCH3 is 1. The molecule has 0 spiro atoms. The molecule has 1 atom stereocenters. The van der Waals surface area contributed by atoms with E-state index in [4.69, 9.17) is 0 Å². The van der Waals surface area contributed by atoms with Crippen molar-refractivity contribution < 1.29 is 14.3 Å². The van der Waals surface area contributed by atoms with Crippen LogP contribution in [0.4, 0.5) is 10.5 Å². The molecule has 2 N–H and O–H groups in total. The van der Waals surface area contributed by atoms with Gasteiger partial charge in [0.25, 0.3) is 0 Å². The topological polar surface area (TPSA) is 67.4 Å². The minimum Gasteiger partial charge on any atom is -0.467 e. The standard InChI is InChI=1S/C13H18N2O3/c1-4-10-6-5-7-11(8-10)15-13(17)14-9(2)12(16)18-3/h5-9H,4H2,1-3H3,(H2,14,15,17)/t9-/m0/s1. The first kappa shape index (κ1) is 14.0. The molecular formula is C13H18N2O3. The minimum absolute atomic E-state index is 0.429. The molecule has 0 aliphatic rings. The molecule has 18 heavy (non-hydrogen) atoms. The molecular weight excluding hydrogens is 232 g/mol. The number of nitrogens with one attached hydrogen (secondary N) is 2. The number of esters is 1. The van der Waals surface area contributed by atoms with Crippen molar-refractivity contribution in [3.63, 3.8) is 0 Å². The fraction of sp³-hybridized carbons (Fsp3) is 0.385. The van der Waals surface area contributed by atoms with Crippen LogP contribution in [0, 0.1) is 0 Å². The lowest BCUT2D eigenvalue weighted by molar-refractivity contribution is -0.142. The maximum atomic E-state index is 11.6. The van der Waals surface area contributed by atoms with Crippen LogP contribution in [0.15, 0.2) is 24.3 Å². The second-order valence-corrected chi connectivity index (χ2v) is 3.90. The van der Waals surface area contributed by atoms with Gasteiger partial charge in [0.2, 0.25) is 0 Å². The number of ether oxygens (including phenoxy) is 1. The summed E-state index contributed by atoms with van der Waals surface area (Å²) in [7, 11) is 1.28. The highest BCUT2D eigenvalue weighted by atomic mass is 16.5. The van der Waals surface area contributed by atoms with Crippen molar-refractivity contribution in [1.82, 2.24) is 5.32 Å². The summed E-state index contributed by atoms with van der Waals surface area (Å²) in [4.78, 5) is 22.7. The summed E-state index contributed by atoms with van der Waals surface area (Å²) in [5.41, 5.74) is 1.83. The molecule has 1 rings (SSSR count). The molecule has 0 aliphatic carbocycles. The summed E-state index contributed by atoms with van der Waals surface area (Å²) in [6, 6.07) is 6.44. The molecule has 1 aromatic carbocycles. The van der Waals surface area contributed by atoms with Crippen LogP contribution in [0.1, 0.15) is 19.4 Å². The SMILES string of the molecule is CCc1cccc(NC(=O)N[C@@H](C)C(=O)OC)c1. The zero-order valence-corrected chi connectivity index (χ0v) is 10.8. The van der Waals surface area contributed by atoms with E-state index in [0.717, 1.165) is 12.0 Å². The Labute approximate surface area is 107 Å². The molecule has 0 aliphatic heterocycles. The number of aryl methyl sites for hydroxylation is 1. The van der Waals surface area contributed by atoms with Gasteiger partial charge in [-0.3, -0.25) is 0 Å². The third-order valence-electron chi connectivity index (χ3n) is 2.50. The van der Waals surface area contributed by atoms with Crippen molar-refractivity contribution in [3.8, 4) is 0 Å². The van der Waals surface area contributed by atoms with Crippen LogP contribution in [0.25, 0.3) is 0 Å². The van der Waals surface area contributed by atoms with Crippen LogP contribution in [-0.4, -0.2) is 25.2 Å². The predicted molar refractivity (Wildman–Crippen MR) is 69.5 cm³/mol. The fourth-order valence-electron chi connectivity index (χ4n) is 1.47. The number of hydrogen-bond acceptors (Lipinski definition) is 3. The molecule has 0 fully saturated rings. The summed E-state index contributed by atoms with van der Waals surface area (Å²) in [5.74, 6) is -0.479. The van der Waals surface area contributed by atoms with E-state index in [1.807, 2.05) is 25.1 Å². The maximum Gasteiger partial charge on any atom is 0.328 e. The van der Waals surface area contributed by atoms with Gasteiger partial charge in [0.15, 0.2) is 0 Å². The molecule has 5 nitrogen and oxygen atoms in total. The molecule has 1 aromatic rings. The number of carbonyl (C=O) groups excluding carboxylic acids is 2. The number of benzene rings is 1. The van der Waals surface area contributed by atoms with Crippen LogP contribution < -0.4 is 10.6 Å². The van der Waals surface area contributed by atoms with Crippen molar-refractivity contribution in [3.05, 3.63) is 29.8 Å². The van der Waals surface area contributed by atoms with Crippen molar-refractivity contribution in [2.45, 2.75) is 26.3 Å². The summed E-state index contributed by atoms with van der Waals surface area (Å²) >= 11 is 0. The third kappa shape index (κ3) is 4.08. The highest BCUT2D eigenvalue weighted by Crippen LogP contribution is 2.10. The zero-order valence-electron chi connectivity index (χ0n) is 10.8. The Bertz CT molecular complexity index is 432. The Kier molecular flexibility index (Phi) is 5.17. The van der Waals surface area contributed by atoms with Gasteiger partial charge in [-0.05, 0) is 31.0 Å². The second kappa shape index (κ2) is 6.64. The predicted octanol–water partition coefficient (Wildman–Crippen LogP) is 1.93. The number of rotatable bonds is 4. The fourth-order valence-corrected chi connectivity index (χ4v) is 1.47. The normalized spacial score (nSPS) is 11.5. The van der Waals surface area contributed by atoms with Gasteiger partial charge in [-0.2, -0.15) is 0 Å². The second-order valence-electron chi connectivity index (χ2n) is 3.90. The summed E-state index contributed by atoms with van der Waals surface area (Å²) in [5, 5.41) is 5.16. The van der Waals surface area contributed by atoms with Gasteiger partial charge in [0.1, 0.15) is 6.04 Å². The summed E-state index contributed by atoms with van der Waals surface area (Å²) in [6.07, 6.45) is 0.899. The van der Waals surface area contributed by atoms with E-state index in [1.54, 1.807) is 13.0 Å². The van der Waals surface area contributed by atoms with E-state index in [0.29, 0.717) is 5.69 Å². The molecule has 0 heterocycles. The lowest BCUT2D eigenvalue weighted by Crippen LogP contribution is -2.41. The van der Waals surface area contributed by atoms with E-state index in [9.17, 15) is 9.59 Å². The van der Waals surface area contributed by atoms with Crippen LogP contribution in [0.2, 0.25) is 0 Å². The first-order valence-corrected chi connectivity index (χ1v) is 5.81. The number of anilines is 1. The number of hydrogen-bond donors (Lipinski definition) is 2. The van der Waals surface area contributed by atoms with Gasteiger partial charge in [-0.1, -0.05) is 19.1 Å². The summed E-state index contributed by atoms with van der Waals surface area (Å²) in [6.45, 7) is 3.60. The molecule has 0 saturated heterocycles. The molecule has 0 radical (unpaired) electrons. The van der Waals surface area contributed by atoms with Crippen LogP contribution in [0.3, 0.4) is 0 Å². The maximum absolute atomic E-state index is 11.6. The Hall–Kier alpha value is -2.04. The molecule has 0 bridgehead atoms. The first-order chi connectivity index (χ1) is 8.56. The molecule has 0 saturated carbocycles. The highest BCUT2D eigenvalue weighted by molar-refractivity contribution is 5.92. The molecule has 5 heteroatoms. The van der Waals surface area contributed by atoms with E-state index in [2.05, 4.69) is 15.4 Å². The third-order valence-corrected chi connectivity index (χ3v) is 2.50. The zero-order chi connectivity index (χ0) is 13.5. The average molecular weight is 250 g/mol. The van der Waals surface area contributed by atoms with Gasteiger partial charge in [-0.15, -0.1) is 0 Å². The Balaban J connectivity index is 2.56. The van der Waals surface area contributed by atoms with Crippen LogP contribution >= 0.6 is 0 Å². The Morgan fingerprint density at radius 3 is 2.72 bits per heavy atom. The molecule has 98 valence electrons. The molecule has 2 amide bonds. The van der Waals surface area contributed by atoms with E-state index < -0.39 is 18.0 Å². The van der Waals surface area contributed by atoms with Gasteiger partial charge in [0, 0.05) is 5.69 Å². The van der Waals surface area contributed by atoms with Crippen molar-refractivity contribution >= 4 is 17.7 Å². The minimum atomic E-state index is -0.677. The largest absolute Gasteiger partial charge is 0.467 e. The van der Waals surface area contributed by atoms with Gasteiger partial charge in [-0.25, -0.2) is 9.59 Å². The van der Waals surface area contributed by atoms with Crippen LogP contribution in [0.5, 0.6) is 0 Å². The smallest absolute Gasteiger partial charge is 0.328 e. The first-order valence-electron chi connectivity index (χ1n) is 5.81. The average Bonchev–Trinajstić information content (AvgIpc) is 2.37. The Morgan fingerprint density at radius 2 is 2.11 bits per heavy atom. The van der Waals surface area contributed by atoms with Crippen LogP contribution in [-0.2, 0) is 16.0 Å². The van der Waals surface area contributed by atoms with Crippen molar-refractivity contribution in [2.75, 3.05) is 12.4 Å². The van der Waals surface area contributed by atoms with Gasteiger partial charge in [0.05, 0.1) is 7.11 Å². The monoisotopic (exact) mass is 250 g/mol. The molecule has 0 unspecified atom stereocenters. The van der Waals surface area contributed by atoms with E-state index in [1.165, 1.54) is 7.11 Å². The lowest BCUT2D eigenvalue weighted by Gasteiger charge is -2.12. The quantitative estimate of drug-likeness (QED) is 0.802.